The lowest BCUT2D eigenvalue weighted by molar-refractivity contribution is -0.133. The first kappa shape index (κ1) is 15.4. The third kappa shape index (κ3) is 2.53. The first-order chi connectivity index (χ1) is 11.8. The monoisotopic (exact) mass is 320 g/mol. The molecule has 2 aromatic carbocycles. The van der Waals surface area contributed by atoms with Gasteiger partial charge in [-0.2, -0.15) is 0 Å². The standard InChI is InChI=1S/C21H24N2O/c1-2-7-20(24)22-12-14-23(15-13-22)21-18-10-5-3-8-16(18)17-9-4-6-11-19(17)21/h3-6,8-11,21H,2,7,12-15H2,1H3. The van der Waals surface area contributed by atoms with Gasteiger partial charge < -0.3 is 4.90 Å². The molecule has 124 valence electrons. The predicted molar refractivity (Wildman–Crippen MR) is 96.8 cm³/mol. The molecular formula is C21H24N2O. The molecule has 2 aromatic rings. The van der Waals surface area contributed by atoms with E-state index in [9.17, 15) is 4.79 Å². The summed E-state index contributed by atoms with van der Waals surface area (Å²) in [5.74, 6) is 0.310. The molecule has 1 heterocycles. The first-order valence-corrected chi connectivity index (χ1v) is 8.99. The molecule has 0 aromatic heterocycles. The second-order valence-corrected chi connectivity index (χ2v) is 6.74. The van der Waals surface area contributed by atoms with Crippen molar-refractivity contribution >= 4 is 5.91 Å². The molecule has 24 heavy (non-hydrogen) atoms. The Morgan fingerprint density at radius 3 is 2.00 bits per heavy atom. The normalized spacial score (nSPS) is 17.6. The minimum absolute atomic E-state index is 0.310. The van der Waals surface area contributed by atoms with Crippen LogP contribution in [0.3, 0.4) is 0 Å². The van der Waals surface area contributed by atoms with Crippen LogP contribution < -0.4 is 0 Å². The van der Waals surface area contributed by atoms with Crippen molar-refractivity contribution in [2.75, 3.05) is 26.2 Å². The van der Waals surface area contributed by atoms with Crippen LogP contribution in [-0.2, 0) is 4.79 Å². The molecule has 0 N–H and O–H groups in total. The van der Waals surface area contributed by atoms with Crippen molar-refractivity contribution in [3.05, 3.63) is 59.7 Å². The van der Waals surface area contributed by atoms with Crippen LogP contribution in [0, 0.1) is 0 Å². The maximum atomic E-state index is 12.1. The van der Waals surface area contributed by atoms with E-state index < -0.39 is 0 Å². The summed E-state index contributed by atoms with van der Waals surface area (Å²) in [5, 5.41) is 0. The van der Waals surface area contributed by atoms with Crippen molar-refractivity contribution in [3.8, 4) is 11.1 Å². The summed E-state index contributed by atoms with van der Waals surface area (Å²) in [6, 6.07) is 17.8. The quantitative estimate of drug-likeness (QED) is 0.861. The summed E-state index contributed by atoms with van der Waals surface area (Å²) in [6.07, 6.45) is 1.61. The third-order valence-corrected chi connectivity index (χ3v) is 5.30. The fraction of sp³-hybridized carbons (Fsp3) is 0.381. The van der Waals surface area contributed by atoms with Gasteiger partial charge in [-0.05, 0) is 28.7 Å². The number of hydrogen-bond acceptors (Lipinski definition) is 2. The van der Waals surface area contributed by atoms with Crippen LogP contribution in [0.4, 0.5) is 0 Å². The van der Waals surface area contributed by atoms with E-state index in [1.165, 1.54) is 22.3 Å². The predicted octanol–water partition coefficient (Wildman–Crippen LogP) is 3.70. The summed E-state index contributed by atoms with van der Waals surface area (Å²) in [7, 11) is 0. The van der Waals surface area contributed by atoms with Crippen LogP contribution in [0.5, 0.6) is 0 Å². The Bertz CT molecular complexity index is 702. The summed E-state index contributed by atoms with van der Waals surface area (Å²) in [6.45, 7) is 5.66. The molecule has 1 amide bonds. The van der Waals surface area contributed by atoms with Gasteiger partial charge in [0.25, 0.3) is 0 Å². The highest BCUT2D eigenvalue weighted by Crippen LogP contribution is 2.46. The van der Waals surface area contributed by atoms with Gasteiger partial charge in [0, 0.05) is 32.6 Å². The fourth-order valence-corrected chi connectivity index (χ4v) is 4.12. The van der Waals surface area contributed by atoms with E-state index in [0.717, 1.165) is 32.6 Å². The Labute approximate surface area is 143 Å². The number of carbonyl (C=O) groups is 1. The lowest BCUT2D eigenvalue weighted by Crippen LogP contribution is -2.49. The lowest BCUT2D eigenvalue weighted by Gasteiger charge is -2.38. The second-order valence-electron chi connectivity index (χ2n) is 6.74. The second kappa shape index (κ2) is 6.40. The molecule has 3 nitrogen and oxygen atoms in total. The topological polar surface area (TPSA) is 23.6 Å². The number of carbonyl (C=O) groups excluding carboxylic acids is 1. The molecule has 0 radical (unpaired) electrons. The van der Waals surface area contributed by atoms with Crippen molar-refractivity contribution in [3.63, 3.8) is 0 Å². The molecule has 1 aliphatic carbocycles. The molecule has 1 fully saturated rings. The van der Waals surface area contributed by atoms with Gasteiger partial charge in [0.2, 0.25) is 5.91 Å². The zero-order valence-corrected chi connectivity index (χ0v) is 14.2. The van der Waals surface area contributed by atoms with Gasteiger partial charge in [0.15, 0.2) is 0 Å². The maximum absolute atomic E-state index is 12.1. The van der Waals surface area contributed by atoms with Gasteiger partial charge in [-0.15, -0.1) is 0 Å². The van der Waals surface area contributed by atoms with E-state index in [-0.39, 0.29) is 0 Å². The van der Waals surface area contributed by atoms with Crippen molar-refractivity contribution in [1.29, 1.82) is 0 Å². The van der Waals surface area contributed by atoms with E-state index in [1.807, 2.05) is 4.90 Å². The largest absolute Gasteiger partial charge is 0.340 e. The molecule has 0 spiro atoms. The number of nitrogens with zero attached hydrogens (tertiary/aromatic N) is 2. The van der Waals surface area contributed by atoms with Gasteiger partial charge in [-0.1, -0.05) is 55.5 Å². The Kier molecular flexibility index (Phi) is 4.11. The molecule has 0 atom stereocenters. The van der Waals surface area contributed by atoms with Crippen LogP contribution in [0.1, 0.15) is 36.9 Å². The molecule has 3 heteroatoms. The summed E-state index contributed by atoms with van der Waals surface area (Å²) in [5.41, 5.74) is 5.55. The summed E-state index contributed by atoms with van der Waals surface area (Å²) >= 11 is 0. The molecule has 0 bridgehead atoms. The number of fused-ring (bicyclic) bond motifs is 3. The molecule has 2 aliphatic rings. The fourth-order valence-electron chi connectivity index (χ4n) is 4.12. The van der Waals surface area contributed by atoms with Gasteiger partial charge in [0.05, 0.1) is 6.04 Å². The molecular weight excluding hydrogens is 296 g/mol. The average Bonchev–Trinajstić information content (AvgIpc) is 2.97. The highest BCUT2D eigenvalue weighted by molar-refractivity contribution is 5.78. The Morgan fingerprint density at radius 2 is 1.46 bits per heavy atom. The van der Waals surface area contributed by atoms with Crippen molar-refractivity contribution < 1.29 is 4.79 Å². The average molecular weight is 320 g/mol. The summed E-state index contributed by atoms with van der Waals surface area (Å²) in [4.78, 5) is 16.7. The van der Waals surface area contributed by atoms with E-state index >= 15 is 0 Å². The van der Waals surface area contributed by atoms with E-state index in [2.05, 4.69) is 60.4 Å². The first-order valence-electron chi connectivity index (χ1n) is 8.99. The van der Waals surface area contributed by atoms with Crippen LogP contribution in [0.25, 0.3) is 11.1 Å². The lowest BCUT2D eigenvalue weighted by atomic mass is 10.0. The SMILES string of the molecule is CCCC(=O)N1CCN(C2c3ccccc3-c3ccccc32)CC1. The van der Waals surface area contributed by atoms with Crippen LogP contribution in [0.15, 0.2) is 48.5 Å². The number of benzene rings is 2. The number of hydrogen-bond donors (Lipinski definition) is 0. The zero-order valence-electron chi connectivity index (χ0n) is 14.2. The smallest absolute Gasteiger partial charge is 0.222 e. The Morgan fingerprint density at radius 1 is 0.917 bits per heavy atom. The van der Waals surface area contributed by atoms with Crippen LogP contribution >= 0.6 is 0 Å². The van der Waals surface area contributed by atoms with Crippen molar-refractivity contribution in [2.45, 2.75) is 25.8 Å². The van der Waals surface area contributed by atoms with Crippen molar-refractivity contribution in [2.24, 2.45) is 0 Å². The van der Waals surface area contributed by atoms with E-state index in [1.54, 1.807) is 0 Å². The number of amides is 1. The maximum Gasteiger partial charge on any atom is 0.222 e. The van der Waals surface area contributed by atoms with Gasteiger partial charge in [-0.3, -0.25) is 9.69 Å². The molecule has 0 saturated carbocycles. The van der Waals surface area contributed by atoms with E-state index in [4.69, 9.17) is 0 Å². The van der Waals surface area contributed by atoms with Crippen molar-refractivity contribution in [1.82, 2.24) is 9.80 Å². The molecule has 1 aliphatic heterocycles. The van der Waals surface area contributed by atoms with Crippen LogP contribution in [-0.4, -0.2) is 41.9 Å². The highest BCUT2D eigenvalue weighted by Gasteiger charge is 2.34. The Balaban J connectivity index is 1.58. The van der Waals surface area contributed by atoms with Gasteiger partial charge in [-0.25, -0.2) is 0 Å². The highest BCUT2D eigenvalue weighted by atomic mass is 16.2. The number of rotatable bonds is 3. The third-order valence-electron chi connectivity index (χ3n) is 5.30. The van der Waals surface area contributed by atoms with Gasteiger partial charge in [0.1, 0.15) is 0 Å². The molecule has 1 saturated heterocycles. The summed E-state index contributed by atoms with van der Waals surface area (Å²) < 4.78 is 0. The number of piperazine rings is 1. The van der Waals surface area contributed by atoms with Gasteiger partial charge >= 0.3 is 0 Å². The minimum atomic E-state index is 0.310. The Hall–Kier alpha value is -2.13. The van der Waals surface area contributed by atoms with Crippen LogP contribution in [0.2, 0.25) is 0 Å². The minimum Gasteiger partial charge on any atom is -0.340 e. The zero-order chi connectivity index (χ0) is 16.5. The molecule has 4 rings (SSSR count). The van der Waals surface area contributed by atoms with E-state index in [0.29, 0.717) is 18.4 Å². The molecule has 0 unspecified atom stereocenters.